The molecule has 0 atom stereocenters. The van der Waals surface area contributed by atoms with Gasteiger partial charge in [-0.3, -0.25) is 0 Å². The number of piperazine rings is 1. The highest BCUT2D eigenvalue weighted by molar-refractivity contribution is 5.53. The molecule has 0 aliphatic carbocycles. The average molecular weight is 339 g/mol. The van der Waals surface area contributed by atoms with E-state index in [-0.39, 0.29) is 0 Å². The van der Waals surface area contributed by atoms with Crippen LogP contribution in [0.4, 0.5) is 11.6 Å². The molecule has 2 aromatic rings. The number of ether oxygens (including phenoxy) is 1. The van der Waals surface area contributed by atoms with Crippen molar-refractivity contribution in [1.82, 2.24) is 14.9 Å². The lowest BCUT2D eigenvalue weighted by molar-refractivity contribution is 0.267. The first-order chi connectivity index (χ1) is 12.2. The van der Waals surface area contributed by atoms with Crippen molar-refractivity contribution in [3.05, 3.63) is 41.1 Å². The van der Waals surface area contributed by atoms with Crippen LogP contribution in [-0.4, -0.2) is 47.6 Å². The second kappa shape index (κ2) is 6.88. The molecule has 1 saturated heterocycles. The average Bonchev–Trinajstić information content (AvgIpc) is 2.64. The molecule has 0 spiro atoms. The molecule has 0 radical (unpaired) electrons. The van der Waals surface area contributed by atoms with Crippen molar-refractivity contribution in [2.45, 2.75) is 27.0 Å². The third-order valence-electron chi connectivity index (χ3n) is 5.10. The molecule has 25 heavy (non-hydrogen) atoms. The van der Waals surface area contributed by atoms with Crippen molar-refractivity contribution in [3.63, 3.8) is 0 Å². The molecule has 132 valence electrons. The zero-order chi connectivity index (χ0) is 17.2. The van der Waals surface area contributed by atoms with Gasteiger partial charge in [-0.1, -0.05) is 25.1 Å². The molecule has 6 heteroatoms. The van der Waals surface area contributed by atoms with Gasteiger partial charge in [0.05, 0.1) is 11.3 Å². The smallest absolute Gasteiger partial charge is 0.228 e. The van der Waals surface area contributed by atoms with Crippen LogP contribution in [-0.2, 0) is 13.2 Å². The minimum atomic E-state index is 0.523. The second-order valence-corrected chi connectivity index (χ2v) is 6.61. The highest BCUT2D eigenvalue weighted by Gasteiger charge is 2.22. The van der Waals surface area contributed by atoms with Crippen molar-refractivity contribution in [1.29, 1.82) is 0 Å². The number of benzene rings is 1. The Kier molecular flexibility index (Phi) is 4.44. The van der Waals surface area contributed by atoms with E-state index in [1.54, 1.807) is 0 Å². The molecule has 2 aliphatic rings. The van der Waals surface area contributed by atoms with Crippen LogP contribution in [0.2, 0.25) is 0 Å². The number of aryl methyl sites for hydroxylation is 1. The maximum Gasteiger partial charge on any atom is 0.228 e. The highest BCUT2D eigenvalue weighted by Crippen LogP contribution is 2.28. The van der Waals surface area contributed by atoms with Crippen LogP contribution in [0.1, 0.15) is 23.7 Å². The lowest BCUT2D eigenvalue weighted by Gasteiger charge is -2.34. The Morgan fingerprint density at radius 1 is 1.12 bits per heavy atom. The van der Waals surface area contributed by atoms with Crippen LogP contribution < -0.4 is 15.0 Å². The summed E-state index contributed by atoms with van der Waals surface area (Å²) in [5.74, 6) is 1.50. The fraction of sp³-hybridized carbons (Fsp3) is 0.474. The zero-order valence-corrected chi connectivity index (χ0v) is 15.0. The monoisotopic (exact) mass is 339 g/mol. The van der Waals surface area contributed by atoms with E-state index < -0.39 is 0 Å². The van der Waals surface area contributed by atoms with Gasteiger partial charge in [-0.15, -0.1) is 0 Å². The number of likely N-dealkylation sites (N-methyl/N-ethyl adjacent to an activating group) is 1. The first-order valence-corrected chi connectivity index (χ1v) is 9.04. The summed E-state index contributed by atoms with van der Waals surface area (Å²) < 4.78 is 6.08. The summed E-state index contributed by atoms with van der Waals surface area (Å²) in [5.41, 5.74) is 4.31. The molecule has 4 rings (SSSR count). The van der Waals surface area contributed by atoms with E-state index in [1.807, 2.05) is 19.1 Å². The number of hydrogen-bond acceptors (Lipinski definition) is 6. The summed E-state index contributed by atoms with van der Waals surface area (Å²) in [7, 11) is 0. The van der Waals surface area contributed by atoms with Crippen molar-refractivity contribution < 1.29 is 4.74 Å². The Bertz CT molecular complexity index is 755. The van der Waals surface area contributed by atoms with Gasteiger partial charge in [-0.25, -0.2) is 4.98 Å². The van der Waals surface area contributed by atoms with Gasteiger partial charge in [0, 0.05) is 44.0 Å². The predicted octanol–water partition coefficient (Wildman–Crippen LogP) is 2.43. The molecule has 0 saturated carbocycles. The molecular formula is C19H25N5O. The lowest BCUT2D eigenvalue weighted by atomic mass is 10.1. The third-order valence-corrected chi connectivity index (χ3v) is 5.10. The van der Waals surface area contributed by atoms with Crippen molar-refractivity contribution >= 4 is 11.6 Å². The molecule has 1 fully saturated rings. The quantitative estimate of drug-likeness (QED) is 0.907. The Morgan fingerprint density at radius 3 is 2.72 bits per heavy atom. The molecule has 1 aromatic heterocycles. The molecule has 1 aromatic carbocycles. The van der Waals surface area contributed by atoms with Crippen molar-refractivity contribution in [2.75, 3.05) is 42.9 Å². The van der Waals surface area contributed by atoms with E-state index in [0.29, 0.717) is 19.0 Å². The maximum absolute atomic E-state index is 6.08. The van der Waals surface area contributed by atoms with Crippen LogP contribution in [0, 0.1) is 6.92 Å². The van der Waals surface area contributed by atoms with E-state index in [2.05, 4.69) is 34.2 Å². The van der Waals surface area contributed by atoms with Crippen molar-refractivity contribution in [2.24, 2.45) is 0 Å². The minimum Gasteiger partial charge on any atom is -0.472 e. The van der Waals surface area contributed by atoms with Gasteiger partial charge in [-0.2, -0.15) is 4.98 Å². The number of anilines is 2. The van der Waals surface area contributed by atoms with Gasteiger partial charge in [-0.05, 0) is 19.5 Å². The summed E-state index contributed by atoms with van der Waals surface area (Å²) in [6.07, 6.45) is 0. The molecular weight excluding hydrogens is 314 g/mol. The van der Waals surface area contributed by atoms with Gasteiger partial charge < -0.3 is 19.9 Å². The fourth-order valence-electron chi connectivity index (χ4n) is 3.43. The lowest BCUT2D eigenvalue weighted by Crippen LogP contribution is -2.46. The van der Waals surface area contributed by atoms with Crippen LogP contribution in [0.25, 0.3) is 0 Å². The summed E-state index contributed by atoms with van der Waals surface area (Å²) in [6, 6.07) is 8.25. The maximum atomic E-state index is 6.08. The third kappa shape index (κ3) is 3.26. The SMILES string of the molecule is CCN1CCN(c2nc(C)c3c(n2)OCc2ccccc2NC3)CC1. The van der Waals surface area contributed by atoms with Gasteiger partial charge in [0.25, 0.3) is 0 Å². The standard InChI is InChI=1S/C19H25N5O/c1-3-23-8-10-24(11-9-23)19-21-14(2)16-12-20-17-7-5-4-6-15(17)13-25-18(16)22-19/h4-7,20H,3,8-13H2,1-2H3. The summed E-state index contributed by atoms with van der Waals surface area (Å²) in [6.45, 7) is 10.6. The number of aromatic nitrogens is 2. The molecule has 3 heterocycles. The Balaban J connectivity index is 1.58. The molecule has 2 aliphatic heterocycles. The Hall–Kier alpha value is -2.34. The predicted molar refractivity (Wildman–Crippen MR) is 99.2 cm³/mol. The number of fused-ring (bicyclic) bond motifs is 2. The number of rotatable bonds is 2. The van der Waals surface area contributed by atoms with E-state index in [9.17, 15) is 0 Å². The molecule has 6 nitrogen and oxygen atoms in total. The largest absolute Gasteiger partial charge is 0.472 e. The van der Waals surface area contributed by atoms with Crippen LogP contribution >= 0.6 is 0 Å². The number of nitrogens with one attached hydrogen (secondary N) is 1. The van der Waals surface area contributed by atoms with E-state index in [4.69, 9.17) is 14.7 Å². The summed E-state index contributed by atoms with van der Waals surface area (Å²) >= 11 is 0. The van der Waals surface area contributed by atoms with Gasteiger partial charge in [0.1, 0.15) is 6.61 Å². The topological polar surface area (TPSA) is 53.5 Å². The van der Waals surface area contributed by atoms with Crippen LogP contribution in [0.3, 0.4) is 0 Å². The Labute approximate surface area is 148 Å². The fourth-order valence-corrected chi connectivity index (χ4v) is 3.43. The summed E-state index contributed by atoms with van der Waals surface area (Å²) in [4.78, 5) is 14.2. The van der Waals surface area contributed by atoms with E-state index >= 15 is 0 Å². The molecule has 1 N–H and O–H groups in total. The molecule has 0 amide bonds. The van der Waals surface area contributed by atoms with Crippen molar-refractivity contribution in [3.8, 4) is 5.88 Å². The first kappa shape index (κ1) is 16.1. The second-order valence-electron chi connectivity index (χ2n) is 6.61. The van der Waals surface area contributed by atoms with Gasteiger partial charge in [0.2, 0.25) is 11.8 Å². The van der Waals surface area contributed by atoms with Gasteiger partial charge in [0.15, 0.2) is 0 Å². The number of para-hydroxylation sites is 1. The number of nitrogens with zero attached hydrogens (tertiary/aromatic N) is 4. The van der Waals surface area contributed by atoms with Crippen LogP contribution in [0.5, 0.6) is 5.88 Å². The van der Waals surface area contributed by atoms with E-state index in [0.717, 1.165) is 61.2 Å². The van der Waals surface area contributed by atoms with Crippen LogP contribution in [0.15, 0.2) is 24.3 Å². The zero-order valence-electron chi connectivity index (χ0n) is 15.0. The highest BCUT2D eigenvalue weighted by atomic mass is 16.5. The minimum absolute atomic E-state index is 0.523. The first-order valence-electron chi connectivity index (χ1n) is 9.04. The molecule has 0 bridgehead atoms. The summed E-state index contributed by atoms with van der Waals surface area (Å²) in [5, 5.41) is 3.49. The Morgan fingerprint density at radius 2 is 1.92 bits per heavy atom. The normalized spacial score (nSPS) is 17.6. The van der Waals surface area contributed by atoms with Gasteiger partial charge >= 0.3 is 0 Å². The van der Waals surface area contributed by atoms with E-state index in [1.165, 1.54) is 0 Å². The molecule has 0 unspecified atom stereocenters. The number of hydrogen-bond donors (Lipinski definition) is 1.